The lowest BCUT2D eigenvalue weighted by Gasteiger charge is -2.12. The number of amides is 1. The van der Waals surface area contributed by atoms with Crippen LogP contribution in [0.3, 0.4) is 0 Å². The lowest BCUT2D eigenvalue weighted by Crippen LogP contribution is -2.33. The van der Waals surface area contributed by atoms with Gasteiger partial charge in [-0.1, -0.05) is 12.1 Å². The van der Waals surface area contributed by atoms with E-state index in [0.29, 0.717) is 13.0 Å². The highest BCUT2D eigenvalue weighted by molar-refractivity contribution is 5.79. The van der Waals surface area contributed by atoms with Crippen LogP contribution in [0.1, 0.15) is 25.7 Å². The first kappa shape index (κ1) is 15.3. The number of nitrogens with one attached hydrogen (secondary N) is 1. The summed E-state index contributed by atoms with van der Waals surface area (Å²) in [5, 5.41) is 7.06. The molecule has 2 heterocycles. The average molecular weight is 311 g/mol. The monoisotopic (exact) mass is 311 g/mol. The minimum atomic E-state index is -0.310. The van der Waals surface area contributed by atoms with Crippen molar-refractivity contribution in [1.82, 2.24) is 24.6 Å². The number of benzene rings is 1. The second-order valence-corrected chi connectivity index (χ2v) is 5.46. The minimum absolute atomic E-state index is 0.0344. The third-order valence-electron chi connectivity index (χ3n) is 4.00. The molecule has 3 rings (SSSR count). The van der Waals surface area contributed by atoms with Crippen molar-refractivity contribution in [2.45, 2.75) is 32.9 Å². The topological polar surface area (TPSA) is 64.7 Å². The third-order valence-corrected chi connectivity index (χ3v) is 4.00. The minimum Gasteiger partial charge on any atom is -0.354 e. The van der Waals surface area contributed by atoms with Gasteiger partial charge in [0.1, 0.15) is 11.9 Å². The Balaban J connectivity index is 1.63. The van der Waals surface area contributed by atoms with Crippen molar-refractivity contribution in [2.24, 2.45) is 0 Å². The van der Waals surface area contributed by atoms with E-state index in [1.807, 2.05) is 31.2 Å². The first-order chi connectivity index (χ1) is 11.2. The van der Waals surface area contributed by atoms with Crippen LogP contribution in [-0.2, 0) is 17.8 Å². The van der Waals surface area contributed by atoms with Crippen LogP contribution in [0, 0.1) is 0 Å². The second kappa shape index (κ2) is 6.64. The Kier molecular flexibility index (Phi) is 4.41. The Morgan fingerprint density at radius 2 is 2.13 bits per heavy atom. The Morgan fingerprint density at radius 1 is 1.30 bits per heavy atom. The fourth-order valence-corrected chi connectivity index (χ4v) is 2.74. The van der Waals surface area contributed by atoms with Crippen LogP contribution < -0.4 is 5.32 Å². The Bertz CT molecular complexity index is 791. The van der Waals surface area contributed by atoms with Crippen molar-refractivity contribution in [2.75, 3.05) is 6.54 Å². The molecule has 0 fully saturated rings. The highest BCUT2D eigenvalue weighted by atomic mass is 16.2. The van der Waals surface area contributed by atoms with E-state index in [9.17, 15) is 4.79 Å². The van der Waals surface area contributed by atoms with E-state index in [-0.39, 0.29) is 11.9 Å². The van der Waals surface area contributed by atoms with Crippen molar-refractivity contribution < 1.29 is 4.79 Å². The summed E-state index contributed by atoms with van der Waals surface area (Å²) in [6.45, 7) is 5.38. The van der Waals surface area contributed by atoms with Gasteiger partial charge in [-0.05, 0) is 32.0 Å². The number of rotatable bonds is 6. The molecule has 1 amide bonds. The number of hydrogen-bond acceptors (Lipinski definition) is 3. The van der Waals surface area contributed by atoms with E-state index in [1.54, 1.807) is 17.1 Å². The summed E-state index contributed by atoms with van der Waals surface area (Å²) in [5.74, 6) is 0.966. The molecule has 0 aliphatic carbocycles. The number of nitrogens with zero attached hydrogens (tertiary/aromatic N) is 4. The van der Waals surface area contributed by atoms with E-state index >= 15 is 0 Å². The number of imidazole rings is 1. The number of fused-ring (bicyclic) bond motifs is 1. The van der Waals surface area contributed by atoms with Crippen LogP contribution in [0.2, 0.25) is 0 Å². The molecule has 6 heteroatoms. The number of carbonyl (C=O) groups excluding carboxylic acids is 1. The number of hydrogen-bond donors (Lipinski definition) is 1. The summed E-state index contributed by atoms with van der Waals surface area (Å²) in [5.41, 5.74) is 2.14. The van der Waals surface area contributed by atoms with Gasteiger partial charge in [-0.15, -0.1) is 0 Å². The first-order valence-corrected chi connectivity index (χ1v) is 7.91. The molecule has 0 unspecified atom stereocenters. The maximum Gasteiger partial charge on any atom is 0.244 e. The lowest BCUT2D eigenvalue weighted by atomic mass is 10.3. The zero-order valence-corrected chi connectivity index (χ0v) is 13.4. The molecular weight excluding hydrogens is 290 g/mol. The van der Waals surface area contributed by atoms with Crippen molar-refractivity contribution >= 4 is 16.9 Å². The molecule has 6 nitrogen and oxygen atoms in total. The Hall–Kier alpha value is -2.63. The molecule has 0 saturated heterocycles. The van der Waals surface area contributed by atoms with Crippen molar-refractivity contribution in [3.05, 3.63) is 48.5 Å². The van der Waals surface area contributed by atoms with Crippen LogP contribution >= 0.6 is 0 Å². The normalized spacial score (nSPS) is 12.4. The molecule has 0 bridgehead atoms. The number of carbonyl (C=O) groups is 1. The summed E-state index contributed by atoms with van der Waals surface area (Å²) in [6.07, 6.45) is 4.17. The van der Waals surface area contributed by atoms with Gasteiger partial charge in [-0.25, -0.2) is 4.98 Å². The van der Waals surface area contributed by atoms with Crippen molar-refractivity contribution in [3.8, 4) is 0 Å². The molecule has 1 N–H and O–H groups in total. The van der Waals surface area contributed by atoms with E-state index in [1.165, 1.54) is 0 Å². The highest BCUT2D eigenvalue weighted by Gasteiger charge is 2.15. The number of aromatic nitrogens is 4. The molecule has 2 aromatic heterocycles. The van der Waals surface area contributed by atoms with E-state index in [0.717, 1.165) is 23.4 Å². The molecular formula is C17H21N5O. The molecule has 23 heavy (non-hydrogen) atoms. The van der Waals surface area contributed by atoms with Crippen LogP contribution in [0.4, 0.5) is 0 Å². The molecule has 0 radical (unpaired) electrons. The van der Waals surface area contributed by atoms with Crippen molar-refractivity contribution in [3.63, 3.8) is 0 Å². The zero-order chi connectivity index (χ0) is 16.2. The smallest absolute Gasteiger partial charge is 0.244 e. The van der Waals surface area contributed by atoms with E-state index in [4.69, 9.17) is 0 Å². The quantitative estimate of drug-likeness (QED) is 0.759. The maximum atomic E-state index is 12.2. The summed E-state index contributed by atoms with van der Waals surface area (Å²) < 4.78 is 3.84. The van der Waals surface area contributed by atoms with Gasteiger partial charge in [0.2, 0.25) is 5.91 Å². The maximum absolute atomic E-state index is 12.2. The first-order valence-electron chi connectivity index (χ1n) is 7.91. The Morgan fingerprint density at radius 3 is 2.87 bits per heavy atom. The van der Waals surface area contributed by atoms with Gasteiger partial charge < -0.3 is 9.88 Å². The van der Waals surface area contributed by atoms with E-state index in [2.05, 4.69) is 33.0 Å². The predicted molar refractivity (Wildman–Crippen MR) is 89.1 cm³/mol. The predicted octanol–water partition coefficient (Wildman–Crippen LogP) is 2.17. The van der Waals surface area contributed by atoms with Gasteiger partial charge in [0.05, 0.1) is 11.0 Å². The molecule has 0 spiro atoms. The molecule has 0 saturated carbocycles. The number of para-hydroxylation sites is 2. The second-order valence-electron chi connectivity index (χ2n) is 5.46. The average Bonchev–Trinajstić information content (AvgIpc) is 3.21. The molecule has 0 aliphatic rings. The summed E-state index contributed by atoms with van der Waals surface area (Å²) in [7, 11) is 0. The van der Waals surface area contributed by atoms with E-state index < -0.39 is 0 Å². The Labute approximate surface area is 135 Å². The van der Waals surface area contributed by atoms with Gasteiger partial charge >= 0.3 is 0 Å². The fourth-order valence-electron chi connectivity index (χ4n) is 2.74. The molecule has 1 atom stereocenters. The largest absolute Gasteiger partial charge is 0.354 e. The third kappa shape index (κ3) is 3.11. The van der Waals surface area contributed by atoms with Crippen molar-refractivity contribution in [1.29, 1.82) is 0 Å². The molecule has 1 aromatic carbocycles. The zero-order valence-electron chi connectivity index (χ0n) is 13.4. The van der Waals surface area contributed by atoms with Gasteiger partial charge in [0.15, 0.2) is 0 Å². The van der Waals surface area contributed by atoms with Gasteiger partial charge in [-0.2, -0.15) is 5.10 Å². The van der Waals surface area contributed by atoms with Gasteiger partial charge in [0, 0.05) is 31.9 Å². The summed E-state index contributed by atoms with van der Waals surface area (Å²) >= 11 is 0. The van der Waals surface area contributed by atoms with Crippen LogP contribution in [-0.4, -0.2) is 31.8 Å². The fraction of sp³-hybridized carbons (Fsp3) is 0.353. The molecule has 3 aromatic rings. The highest BCUT2D eigenvalue weighted by Crippen LogP contribution is 2.16. The summed E-state index contributed by atoms with van der Waals surface area (Å²) in [6, 6.07) is 9.61. The van der Waals surface area contributed by atoms with Crippen LogP contribution in [0.15, 0.2) is 42.7 Å². The number of aryl methyl sites for hydroxylation is 1. The standard InChI is InChI=1S/C17H21N5O/c1-3-21-15-8-5-4-7-14(15)20-16(21)9-11-18-17(23)13(2)22-12-6-10-19-22/h4-8,10,12-13H,3,9,11H2,1-2H3,(H,18,23)/t13-/m0/s1. The lowest BCUT2D eigenvalue weighted by molar-refractivity contribution is -0.124. The van der Waals surface area contributed by atoms with Gasteiger partial charge in [-0.3, -0.25) is 9.48 Å². The van der Waals surface area contributed by atoms with Crippen LogP contribution in [0.25, 0.3) is 11.0 Å². The molecule has 0 aliphatic heterocycles. The molecule has 120 valence electrons. The SMILES string of the molecule is CCn1c(CCNC(=O)[C@H](C)n2cccn2)nc2ccccc21. The van der Waals surface area contributed by atoms with Gasteiger partial charge in [0.25, 0.3) is 0 Å². The summed E-state index contributed by atoms with van der Waals surface area (Å²) in [4.78, 5) is 16.8. The van der Waals surface area contributed by atoms with Crippen LogP contribution in [0.5, 0.6) is 0 Å².